The first-order valence-electron chi connectivity index (χ1n) is 4.53. The van der Waals surface area contributed by atoms with Gasteiger partial charge in [0.05, 0.1) is 5.69 Å². The lowest BCUT2D eigenvalue weighted by Gasteiger charge is -2.19. The van der Waals surface area contributed by atoms with Gasteiger partial charge in [0, 0.05) is 12.0 Å². The smallest absolute Gasteiger partial charge is 0.125 e. The molecule has 0 radical (unpaired) electrons. The molecular formula is C10H17NOS. The summed E-state index contributed by atoms with van der Waals surface area (Å²) in [6.45, 7) is 8.34. The minimum absolute atomic E-state index is 0.247. The summed E-state index contributed by atoms with van der Waals surface area (Å²) < 4.78 is 5.38. The van der Waals surface area contributed by atoms with Crippen molar-refractivity contribution in [1.82, 2.24) is 4.98 Å². The molecule has 3 heteroatoms. The fraction of sp³-hybridized carbons (Fsp3) is 0.700. The minimum Gasteiger partial charge on any atom is -0.372 e. The van der Waals surface area contributed by atoms with E-state index in [2.05, 4.69) is 18.8 Å². The lowest BCUT2D eigenvalue weighted by Crippen LogP contribution is -2.19. The van der Waals surface area contributed by atoms with E-state index in [9.17, 15) is 0 Å². The van der Waals surface area contributed by atoms with Crippen molar-refractivity contribution >= 4 is 11.3 Å². The summed E-state index contributed by atoms with van der Waals surface area (Å²) in [6.07, 6.45) is 1.00. The molecule has 0 atom stereocenters. The maximum Gasteiger partial charge on any atom is 0.125 e. The molecule has 1 rings (SSSR count). The summed E-state index contributed by atoms with van der Waals surface area (Å²) in [6, 6.07) is 0. The molecule has 0 fully saturated rings. The molecule has 1 aromatic rings. The van der Waals surface area contributed by atoms with Crippen LogP contribution in [0.15, 0.2) is 0 Å². The third-order valence-corrected chi connectivity index (χ3v) is 3.57. The molecule has 0 amide bonds. The number of aromatic nitrogens is 1. The Labute approximate surface area is 84.0 Å². The molecule has 0 aromatic carbocycles. The standard InChI is InChI=1S/C10H17NOS/c1-6-8-7(2)13-9(11-8)10(3,4)12-5/h6H2,1-5H3. The summed E-state index contributed by atoms with van der Waals surface area (Å²) >= 11 is 1.73. The van der Waals surface area contributed by atoms with Gasteiger partial charge in [-0.2, -0.15) is 0 Å². The van der Waals surface area contributed by atoms with E-state index in [4.69, 9.17) is 4.74 Å². The Hall–Kier alpha value is -0.410. The van der Waals surface area contributed by atoms with Gasteiger partial charge in [0.25, 0.3) is 0 Å². The third kappa shape index (κ3) is 2.09. The van der Waals surface area contributed by atoms with Crippen LogP contribution in [0.4, 0.5) is 0 Å². The fourth-order valence-electron chi connectivity index (χ4n) is 1.10. The van der Waals surface area contributed by atoms with Crippen LogP contribution in [0.5, 0.6) is 0 Å². The molecule has 0 aliphatic carbocycles. The number of rotatable bonds is 3. The van der Waals surface area contributed by atoms with Crippen molar-refractivity contribution in [2.75, 3.05) is 7.11 Å². The second-order valence-corrected chi connectivity index (χ2v) is 4.79. The summed E-state index contributed by atoms with van der Waals surface area (Å²) in [5, 5.41) is 1.07. The van der Waals surface area contributed by atoms with Crippen molar-refractivity contribution in [3.8, 4) is 0 Å². The predicted octanol–water partition coefficient (Wildman–Crippen LogP) is 2.90. The molecule has 0 spiro atoms. The summed E-state index contributed by atoms with van der Waals surface area (Å²) in [7, 11) is 1.72. The van der Waals surface area contributed by atoms with Gasteiger partial charge in [-0.25, -0.2) is 4.98 Å². The van der Waals surface area contributed by atoms with E-state index in [-0.39, 0.29) is 5.60 Å². The van der Waals surface area contributed by atoms with Crippen molar-refractivity contribution in [3.63, 3.8) is 0 Å². The van der Waals surface area contributed by atoms with Gasteiger partial charge < -0.3 is 4.74 Å². The zero-order chi connectivity index (χ0) is 10.1. The molecule has 2 nitrogen and oxygen atoms in total. The van der Waals surface area contributed by atoms with E-state index >= 15 is 0 Å². The van der Waals surface area contributed by atoms with Crippen LogP contribution in [0.2, 0.25) is 0 Å². The van der Waals surface area contributed by atoms with Gasteiger partial charge >= 0.3 is 0 Å². The van der Waals surface area contributed by atoms with E-state index in [1.54, 1.807) is 18.4 Å². The van der Waals surface area contributed by atoms with Gasteiger partial charge in [0.1, 0.15) is 10.6 Å². The topological polar surface area (TPSA) is 22.1 Å². The first-order valence-corrected chi connectivity index (χ1v) is 5.34. The number of thiazole rings is 1. The molecule has 0 aliphatic rings. The lowest BCUT2D eigenvalue weighted by molar-refractivity contribution is 0.0189. The fourth-order valence-corrected chi connectivity index (χ4v) is 2.18. The number of ether oxygens (including phenoxy) is 1. The molecule has 0 N–H and O–H groups in total. The van der Waals surface area contributed by atoms with E-state index in [0.717, 1.165) is 11.4 Å². The monoisotopic (exact) mass is 199 g/mol. The van der Waals surface area contributed by atoms with Gasteiger partial charge in [0.15, 0.2) is 0 Å². The highest BCUT2D eigenvalue weighted by atomic mass is 32.1. The Morgan fingerprint density at radius 1 is 1.46 bits per heavy atom. The van der Waals surface area contributed by atoms with E-state index in [1.807, 2.05) is 13.8 Å². The lowest BCUT2D eigenvalue weighted by atomic mass is 10.1. The van der Waals surface area contributed by atoms with Crippen LogP contribution in [0, 0.1) is 6.92 Å². The average molecular weight is 199 g/mol. The van der Waals surface area contributed by atoms with Crippen molar-refractivity contribution in [3.05, 3.63) is 15.6 Å². The van der Waals surface area contributed by atoms with E-state index in [0.29, 0.717) is 0 Å². The predicted molar refractivity (Wildman–Crippen MR) is 56.3 cm³/mol. The Bertz CT molecular complexity index is 291. The maximum absolute atomic E-state index is 5.38. The van der Waals surface area contributed by atoms with Crippen LogP contribution in [0.25, 0.3) is 0 Å². The van der Waals surface area contributed by atoms with Crippen LogP contribution in [-0.4, -0.2) is 12.1 Å². The van der Waals surface area contributed by atoms with Gasteiger partial charge in [-0.1, -0.05) is 6.92 Å². The molecule has 74 valence electrons. The highest BCUT2D eigenvalue weighted by Crippen LogP contribution is 2.29. The molecule has 0 bridgehead atoms. The van der Waals surface area contributed by atoms with E-state index in [1.165, 1.54) is 10.6 Å². The van der Waals surface area contributed by atoms with Crippen molar-refractivity contribution in [2.24, 2.45) is 0 Å². The second kappa shape index (κ2) is 3.76. The van der Waals surface area contributed by atoms with Crippen molar-refractivity contribution in [2.45, 2.75) is 39.7 Å². The maximum atomic E-state index is 5.38. The largest absolute Gasteiger partial charge is 0.372 e. The number of aryl methyl sites for hydroxylation is 2. The first-order chi connectivity index (χ1) is 6.01. The summed E-state index contributed by atoms with van der Waals surface area (Å²) in [5.41, 5.74) is 0.952. The number of hydrogen-bond donors (Lipinski definition) is 0. The van der Waals surface area contributed by atoms with Crippen LogP contribution in [0.1, 0.15) is 36.3 Å². The molecule has 13 heavy (non-hydrogen) atoms. The number of nitrogens with zero attached hydrogens (tertiary/aromatic N) is 1. The van der Waals surface area contributed by atoms with Crippen molar-refractivity contribution < 1.29 is 4.74 Å². The molecular weight excluding hydrogens is 182 g/mol. The molecule has 1 aromatic heterocycles. The van der Waals surface area contributed by atoms with Crippen molar-refractivity contribution in [1.29, 1.82) is 0 Å². The van der Waals surface area contributed by atoms with Gasteiger partial charge in [-0.05, 0) is 27.2 Å². The number of hydrogen-bond acceptors (Lipinski definition) is 3. The third-order valence-electron chi connectivity index (χ3n) is 2.25. The Balaban J connectivity index is 3.03. The zero-order valence-electron chi connectivity index (χ0n) is 8.97. The molecule has 0 unspecified atom stereocenters. The van der Waals surface area contributed by atoms with E-state index < -0.39 is 0 Å². The molecule has 0 saturated carbocycles. The Morgan fingerprint density at radius 2 is 2.08 bits per heavy atom. The van der Waals surface area contributed by atoms with Crippen LogP contribution in [-0.2, 0) is 16.8 Å². The zero-order valence-corrected chi connectivity index (χ0v) is 9.79. The van der Waals surface area contributed by atoms with Gasteiger partial charge in [-0.15, -0.1) is 11.3 Å². The highest BCUT2D eigenvalue weighted by Gasteiger charge is 2.24. The minimum atomic E-state index is -0.247. The molecule has 0 aliphatic heterocycles. The second-order valence-electron chi connectivity index (χ2n) is 3.59. The van der Waals surface area contributed by atoms with Crippen LogP contribution < -0.4 is 0 Å². The number of methoxy groups -OCH3 is 1. The average Bonchev–Trinajstić information content (AvgIpc) is 2.47. The van der Waals surface area contributed by atoms with Gasteiger partial charge in [0.2, 0.25) is 0 Å². The summed E-state index contributed by atoms with van der Waals surface area (Å²) in [5.74, 6) is 0. The highest BCUT2D eigenvalue weighted by molar-refractivity contribution is 7.11. The quantitative estimate of drug-likeness (QED) is 0.746. The first kappa shape index (κ1) is 10.7. The summed E-state index contributed by atoms with van der Waals surface area (Å²) in [4.78, 5) is 5.87. The van der Waals surface area contributed by atoms with Crippen LogP contribution >= 0.6 is 11.3 Å². The molecule has 1 heterocycles. The Morgan fingerprint density at radius 3 is 2.46 bits per heavy atom. The Kier molecular flexibility index (Phi) is 3.09. The normalized spacial score (nSPS) is 12.1. The van der Waals surface area contributed by atoms with Crippen LogP contribution in [0.3, 0.4) is 0 Å². The molecule has 0 saturated heterocycles. The van der Waals surface area contributed by atoms with Gasteiger partial charge in [-0.3, -0.25) is 0 Å². The SMILES string of the molecule is CCc1nc(C(C)(C)OC)sc1C.